The first-order valence-electron chi connectivity index (χ1n) is 10.8. The highest BCUT2D eigenvalue weighted by molar-refractivity contribution is 6.02. The molecule has 2 N–H and O–H groups in total. The zero-order valence-corrected chi connectivity index (χ0v) is 18.2. The molecule has 0 saturated heterocycles. The number of aliphatic carboxylic acids is 1. The third-order valence-corrected chi connectivity index (χ3v) is 5.15. The maximum Gasteiger partial charge on any atom is 0.326 e. The summed E-state index contributed by atoms with van der Waals surface area (Å²) in [7, 11) is 0. The van der Waals surface area contributed by atoms with Crippen molar-refractivity contribution < 1.29 is 19.4 Å². The zero-order valence-electron chi connectivity index (χ0n) is 18.2. The van der Waals surface area contributed by atoms with Gasteiger partial charge in [-0.15, -0.1) is 0 Å². The molecule has 3 rings (SSSR count). The van der Waals surface area contributed by atoms with Crippen molar-refractivity contribution in [2.24, 2.45) is 0 Å². The first-order chi connectivity index (χ1) is 15.6. The standard InChI is InChI=1S/C26H28N2O4/c1-2-3-5-12-24(26(30)31)28-25(29)22-14-13-19(18-32-21-11-8-15-27-17-21)16-23(22)20-9-6-4-7-10-20/h4,6-11,13-17,24H,2-3,5,12,18H2,1H3,(H,28,29)(H,30,31). The summed E-state index contributed by atoms with van der Waals surface area (Å²) in [6.45, 7) is 2.38. The molecule has 0 fully saturated rings. The van der Waals surface area contributed by atoms with Gasteiger partial charge < -0.3 is 15.2 Å². The minimum atomic E-state index is -1.02. The fourth-order valence-electron chi connectivity index (χ4n) is 3.43. The van der Waals surface area contributed by atoms with Crippen LogP contribution in [0.15, 0.2) is 73.1 Å². The molecule has 32 heavy (non-hydrogen) atoms. The number of carbonyl (C=O) groups excluding carboxylic acids is 1. The Morgan fingerprint density at radius 2 is 1.88 bits per heavy atom. The third kappa shape index (κ3) is 6.41. The molecule has 1 aromatic heterocycles. The Morgan fingerprint density at radius 1 is 1.06 bits per heavy atom. The lowest BCUT2D eigenvalue weighted by Gasteiger charge is -2.17. The van der Waals surface area contributed by atoms with E-state index < -0.39 is 17.9 Å². The van der Waals surface area contributed by atoms with Crippen LogP contribution in [-0.4, -0.2) is 28.0 Å². The van der Waals surface area contributed by atoms with Crippen molar-refractivity contribution in [1.29, 1.82) is 0 Å². The molecule has 1 unspecified atom stereocenters. The summed E-state index contributed by atoms with van der Waals surface area (Å²) in [5, 5.41) is 12.2. The van der Waals surface area contributed by atoms with E-state index in [1.54, 1.807) is 24.5 Å². The number of aromatic nitrogens is 1. The number of carboxylic acid groups (broad SMARTS) is 1. The van der Waals surface area contributed by atoms with E-state index in [1.165, 1.54) is 0 Å². The first kappa shape index (κ1) is 23.0. The van der Waals surface area contributed by atoms with Crippen LogP contribution < -0.4 is 10.1 Å². The highest BCUT2D eigenvalue weighted by Gasteiger charge is 2.22. The van der Waals surface area contributed by atoms with Gasteiger partial charge in [-0.05, 0) is 47.4 Å². The molecule has 6 nitrogen and oxygen atoms in total. The third-order valence-electron chi connectivity index (χ3n) is 5.15. The highest BCUT2D eigenvalue weighted by Crippen LogP contribution is 2.26. The average Bonchev–Trinajstić information content (AvgIpc) is 2.83. The van der Waals surface area contributed by atoms with Crippen LogP contribution in [0.5, 0.6) is 5.75 Å². The molecule has 0 saturated carbocycles. The monoisotopic (exact) mass is 432 g/mol. The van der Waals surface area contributed by atoms with Crippen LogP contribution in [0.4, 0.5) is 0 Å². The molecule has 0 aliphatic rings. The van der Waals surface area contributed by atoms with Gasteiger partial charge in [0.15, 0.2) is 0 Å². The van der Waals surface area contributed by atoms with Crippen molar-refractivity contribution in [3.05, 3.63) is 84.2 Å². The second-order valence-electron chi connectivity index (χ2n) is 7.58. The molecule has 0 bridgehead atoms. The zero-order chi connectivity index (χ0) is 22.8. The van der Waals surface area contributed by atoms with Crippen molar-refractivity contribution in [3.8, 4) is 16.9 Å². The van der Waals surface area contributed by atoms with Crippen LogP contribution in [-0.2, 0) is 11.4 Å². The van der Waals surface area contributed by atoms with Crippen LogP contribution in [0.25, 0.3) is 11.1 Å². The molecule has 0 aliphatic heterocycles. The predicted molar refractivity (Wildman–Crippen MR) is 123 cm³/mol. The largest absolute Gasteiger partial charge is 0.487 e. The van der Waals surface area contributed by atoms with Gasteiger partial charge in [0.25, 0.3) is 5.91 Å². The number of hydrogen-bond acceptors (Lipinski definition) is 4. The van der Waals surface area contributed by atoms with Crippen molar-refractivity contribution >= 4 is 11.9 Å². The summed E-state index contributed by atoms with van der Waals surface area (Å²) in [5.74, 6) is -0.753. The van der Waals surface area contributed by atoms with Gasteiger partial charge in [0, 0.05) is 11.8 Å². The minimum Gasteiger partial charge on any atom is -0.487 e. The smallest absolute Gasteiger partial charge is 0.326 e. The number of hydrogen-bond donors (Lipinski definition) is 2. The summed E-state index contributed by atoms with van der Waals surface area (Å²) in [6, 6.07) is 17.7. The van der Waals surface area contributed by atoms with E-state index in [-0.39, 0.29) is 0 Å². The fourth-order valence-corrected chi connectivity index (χ4v) is 3.43. The summed E-state index contributed by atoms with van der Waals surface area (Å²) in [5.41, 5.74) is 2.93. The second-order valence-corrected chi connectivity index (χ2v) is 7.58. The van der Waals surface area contributed by atoms with Gasteiger partial charge in [0.2, 0.25) is 0 Å². The van der Waals surface area contributed by atoms with Crippen molar-refractivity contribution in [3.63, 3.8) is 0 Å². The van der Waals surface area contributed by atoms with Gasteiger partial charge in [-0.2, -0.15) is 0 Å². The molecular formula is C26H28N2O4. The molecule has 0 radical (unpaired) electrons. The molecule has 1 amide bonds. The molecular weight excluding hydrogens is 404 g/mol. The van der Waals surface area contributed by atoms with E-state index in [2.05, 4.69) is 17.2 Å². The number of ether oxygens (including phenoxy) is 1. The molecule has 0 spiro atoms. The van der Waals surface area contributed by atoms with Gasteiger partial charge >= 0.3 is 5.97 Å². The van der Waals surface area contributed by atoms with Crippen molar-refractivity contribution in [2.45, 2.75) is 45.3 Å². The molecule has 1 heterocycles. The average molecular weight is 433 g/mol. The normalized spacial score (nSPS) is 11.5. The number of nitrogens with one attached hydrogen (secondary N) is 1. The number of unbranched alkanes of at least 4 members (excludes halogenated alkanes) is 2. The van der Waals surface area contributed by atoms with E-state index in [1.807, 2.05) is 48.5 Å². The highest BCUT2D eigenvalue weighted by atomic mass is 16.5. The van der Waals surface area contributed by atoms with Gasteiger partial charge in [0.1, 0.15) is 18.4 Å². The van der Waals surface area contributed by atoms with Crippen LogP contribution in [0, 0.1) is 0 Å². The van der Waals surface area contributed by atoms with Crippen LogP contribution in [0.1, 0.15) is 48.5 Å². The minimum absolute atomic E-state index is 0.322. The molecule has 1 atom stereocenters. The quantitative estimate of drug-likeness (QED) is 0.412. The Labute approximate surface area is 188 Å². The Hall–Kier alpha value is -3.67. The number of carbonyl (C=O) groups is 2. The Bertz CT molecular complexity index is 1020. The maximum absolute atomic E-state index is 13.1. The number of rotatable bonds is 11. The number of amides is 1. The second kappa shape index (κ2) is 11.6. The molecule has 166 valence electrons. The lowest BCUT2D eigenvalue weighted by Crippen LogP contribution is -2.40. The van der Waals surface area contributed by atoms with Crippen LogP contribution in [0.3, 0.4) is 0 Å². The van der Waals surface area contributed by atoms with E-state index in [0.717, 1.165) is 36.0 Å². The Morgan fingerprint density at radius 3 is 2.56 bits per heavy atom. The molecule has 0 aliphatic carbocycles. The topological polar surface area (TPSA) is 88.5 Å². The molecule has 6 heteroatoms. The number of carboxylic acids is 1. The lowest BCUT2D eigenvalue weighted by molar-refractivity contribution is -0.139. The van der Waals surface area contributed by atoms with Crippen LogP contribution >= 0.6 is 0 Å². The van der Waals surface area contributed by atoms with E-state index in [9.17, 15) is 14.7 Å². The van der Waals surface area contributed by atoms with E-state index in [0.29, 0.717) is 24.3 Å². The molecule has 3 aromatic rings. The summed E-state index contributed by atoms with van der Waals surface area (Å²) in [6.07, 6.45) is 6.41. The number of pyridine rings is 1. The summed E-state index contributed by atoms with van der Waals surface area (Å²) < 4.78 is 5.79. The van der Waals surface area contributed by atoms with Gasteiger partial charge in [-0.25, -0.2) is 4.79 Å². The lowest BCUT2D eigenvalue weighted by atomic mass is 9.96. The first-order valence-corrected chi connectivity index (χ1v) is 10.8. The maximum atomic E-state index is 13.1. The summed E-state index contributed by atoms with van der Waals surface area (Å²) >= 11 is 0. The number of nitrogens with zero attached hydrogens (tertiary/aromatic N) is 1. The van der Waals surface area contributed by atoms with Crippen LogP contribution in [0.2, 0.25) is 0 Å². The Balaban J connectivity index is 1.83. The van der Waals surface area contributed by atoms with Gasteiger partial charge in [-0.1, -0.05) is 62.6 Å². The Kier molecular flexibility index (Phi) is 8.37. The SMILES string of the molecule is CCCCCC(NC(=O)c1ccc(COc2cccnc2)cc1-c1ccccc1)C(=O)O. The van der Waals surface area contributed by atoms with E-state index in [4.69, 9.17) is 4.74 Å². The van der Waals surface area contributed by atoms with Crippen molar-refractivity contribution in [1.82, 2.24) is 10.3 Å². The van der Waals surface area contributed by atoms with Gasteiger partial charge in [0.05, 0.1) is 6.20 Å². The molecule has 2 aromatic carbocycles. The fraction of sp³-hybridized carbons (Fsp3) is 0.269. The number of benzene rings is 2. The summed E-state index contributed by atoms with van der Waals surface area (Å²) in [4.78, 5) is 28.8. The van der Waals surface area contributed by atoms with Gasteiger partial charge in [-0.3, -0.25) is 9.78 Å². The van der Waals surface area contributed by atoms with Crippen molar-refractivity contribution in [2.75, 3.05) is 0 Å². The van der Waals surface area contributed by atoms with E-state index >= 15 is 0 Å². The predicted octanol–water partition coefficient (Wildman–Crippen LogP) is 5.09.